The van der Waals surface area contributed by atoms with Crippen LogP contribution in [0.1, 0.15) is 55.2 Å². The third-order valence-electron chi connectivity index (χ3n) is 5.92. The summed E-state index contributed by atoms with van der Waals surface area (Å²) in [5, 5.41) is 11.0. The fraction of sp³-hybridized carbons (Fsp3) is 0.370. The molecule has 2 aromatic rings. The number of ether oxygens (including phenoxy) is 3. The largest absolute Gasteiger partial charge is 0.550 e. The van der Waals surface area contributed by atoms with E-state index in [-0.39, 0.29) is 12.3 Å². The van der Waals surface area contributed by atoms with Gasteiger partial charge in [0.2, 0.25) is 0 Å². The Morgan fingerprint density at radius 3 is 2.62 bits per heavy atom. The number of hydrogen-bond donors (Lipinski definition) is 0. The molecule has 1 spiro atoms. The molecule has 0 bridgehead atoms. The minimum Gasteiger partial charge on any atom is -0.550 e. The van der Waals surface area contributed by atoms with E-state index in [1.807, 2.05) is 24.3 Å². The monoisotopic (exact) mass is 431 g/mol. The topological polar surface area (TPSA) is 67.8 Å². The quantitative estimate of drug-likeness (QED) is 0.624. The number of allylic oxidation sites excluding steroid dienone is 1. The Kier molecular flexibility index (Phi) is 6.94. The summed E-state index contributed by atoms with van der Waals surface area (Å²) in [4.78, 5) is 11.0. The first-order valence-electron chi connectivity index (χ1n) is 11.0. The van der Waals surface area contributed by atoms with Crippen LogP contribution in [0.5, 0.6) is 5.75 Å². The molecule has 0 aromatic heterocycles. The molecule has 2 aliphatic rings. The lowest BCUT2D eigenvalue weighted by Crippen LogP contribution is -2.31. The number of rotatable bonds is 7. The molecule has 166 valence electrons. The SMILES string of the molecule is CC#C[C@@H](CC(=O)[O-])c1ccc(OCc2cccc(C3=CCC4(CC3)OCCO4)c2)cc1. The Hall–Kier alpha value is -3.07. The number of carboxylic acids is 1. The zero-order valence-corrected chi connectivity index (χ0v) is 18.3. The van der Waals surface area contributed by atoms with Crippen LogP contribution in [0, 0.1) is 11.8 Å². The van der Waals surface area contributed by atoms with Gasteiger partial charge in [-0.25, -0.2) is 0 Å². The van der Waals surface area contributed by atoms with E-state index >= 15 is 0 Å². The van der Waals surface area contributed by atoms with Gasteiger partial charge in [0.1, 0.15) is 12.4 Å². The number of aliphatic carboxylic acids is 1. The molecule has 1 atom stereocenters. The first-order valence-corrected chi connectivity index (χ1v) is 11.0. The molecule has 1 heterocycles. The van der Waals surface area contributed by atoms with E-state index in [9.17, 15) is 9.90 Å². The molecule has 5 nitrogen and oxygen atoms in total. The summed E-state index contributed by atoms with van der Waals surface area (Å²) in [6.07, 6.45) is 4.71. The van der Waals surface area contributed by atoms with Gasteiger partial charge in [0.05, 0.1) is 19.1 Å². The second-order valence-corrected chi connectivity index (χ2v) is 8.12. The van der Waals surface area contributed by atoms with Gasteiger partial charge < -0.3 is 24.1 Å². The Morgan fingerprint density at radius 1 is 1.19 bits per heavy atom. The van der Waals surface area contributed by atoms with Crippen molar-refractivity contribution in [3.8, 4) is 17.6 Å². The van der Waals surface area contributed by atoms with Crippen molar-refractivity contribution in [1.29, 1.82) is 0 Å². The lowest BCUT2D eigenvalue weighted by Gasteiger charge is -2.30. The molecule has 5 heteroatoms. The number of carbonyl (C=O) groups is 1. The van der Waals surface area contributed by atoms with Crippen LogP contribution in [-0.2, 0) is 20.9 Å². The van der Waals surface area contributed by atoms with Crippen LogP contribution in [0.15, 0.2) is 54.6 Å². The molecule has 32 heavy (non-hydrogen) atoms. The molecule has 0 saturated carbocycles. The van der Waals surface area contributed by atoms with Crippen molar-refractivity contribution in [2.75, 3.05) is 13.2 Å². The average Bonchev–Trinajstić information content (AvgIpc) is 3.26. The Balaban J connectivity index is 1.37. The number of benzene rings is 2. The maximum absolute atomic E-state index is 11.0. The standard InChI is InChI=1S/C27H28O5/c1-2-4-23(18-26(28)29)21-7-9-25(10-8-21)30-19-20-5-3-6-24(17-20)22-11-13-27(14-12-22)31-15-16-32-27/h3,5-11,17,23H,12-16,18-19H2,1H3,(H,28,29)/p-1/t23-/m0/s1. The highest BCUT2D eigenvalue weighted by Crippen LogP contribution is 2.38. The lowest BCUT2D eigenvalue weighted by atomic mass is 9.89. The Bertz CT molecular complexity index is 1040. The molecule has 4 rings (SSSR count). The van der Waals surface area contributed by atoms with E-state index in [0.717, 1.165) is 36.1 Å². The number of hydrogen-bond acceptors (Lipinski definition) is 5. The predicted octanol–water partition coefficient (Wildman–Crippen LogP) is 3.82. The molecular formula is C27H27O5-. The molecule has 0 N–H and O–H groups in total. The van der Waals surface area contributed by atoms with Gasteiger partial charge in [-0.2, -0.15) is 0 Å². The molecule has 2 aromatic carbocycles. The first-order chi connectivity index (χ1) is 15.6. The normalized spacial score (nSPS) is 17.8. The molecule has 1 aliphatic heterocycles. The van der Waals surface area contributed by atoms with Crippen molar-refractivity contribution < 1.29 is 24.1 Å². The summed E-state index contributed by atoms with van der Waals surface area (Å²) in [6, 6.07) is 15.8. The van der Waals surface area contributed by atoms with Gasteiger partial charge in [0, 0.05) is 25.2 Å². The Morgan fingerprint density at radius 2 is 1.97 bits per heavy atom. The van der Waals surface area contributed by atoms with Crippen molar-refractivity contribution in [1.82, 2.24) is 0 Å². The molecule has 1 saturated heterocycles. The number of carbonyl (C=O) groups excluding carboxylic acids is 1. The highest BCUT2D eigenvalue weighted by atomic mass is 16.7. The van der Waals surface area contributed by atoms with Crippen LogP contribution in [0.3, 0.4) is 0 Å². The molecule has 0 radical (unpaired) electrons. The average molecular weight is 432 g/mol. The summed E-state index contributed by atoms with van der Waals surface area (Å²) in [5.41, 5.74) is 4.46. The van der Waals surface area contributed by atoms with Gasteiger partial charge in [0.15, 0.2) is 5.79 Å². The fourth-order valence-electron chi connectivity index (χ4n) is 4.25. The highest BCUT2D eigenvalue weighted by Gasteiger charge is 2.37. The van der Waals surface area contributed by atoms with Crippen molar-refractivity contribution >= 4 is 11.5 Å². The van der Waals surface area contributed by atoms with Crippen molar-refractivity contribution in [2.45, 2.75) is 50.9 Å². The minimum absolute atomic E-state index is 0.122. The molecule has 0 amide bonds. The molecule has 0 unspecified atom stereocenters. The Labute approximate surface area is 189 Å². The van der Waals surface area contributed by atoms with Gasteiger partial charge in [-0.1, -0.05) is 42.3 Å². The van der Waals surface area contributed by atoms with Crippen molar-refractivity contribution in [3.63, 3.8) is 0 Å². The maximum atomic E-state index is 11.0. The van der Waals surface area contributed by atoms with Gasteiger partial charge >= 0.3 is 0 Å². The second-order valence-electron chi connectivity index (χ2n) is 8.12. The van der Waals surface area contributed by atoms with E-state index in [2.05, 4.69) is 42.2 Å². The van der Waals surface area contributed by atoms with Gasteiger partial charge in [-0.05, 0) is 53.8 Å². The summed E-state index contributed by atoms with van der Waals surface area (Å²) in [7, 11) is 0. The maximum Gasteiger partial charge on any atom is 0.172 e. The van der Waals surface area contributed by atoms with Crippen LogP contribution >= 0.6 is 0 Å². The van der Waals surface area contributed by atoms with Crippen LogP contribution in [-0.4, -0.2) is 25.0 Å². The van der Waals surface area contributed by atoms with E-state index in [1.165, 1.54) is 11.1 Å². The zero-order valence-electron chi connectivity index (χ0n) is 18.3. The third-order valence-corrected chi connectivity index (χ3v) is 5.92. The summed E-state index contributed by atoms with van der Waals surface area (Å²) < 4.78 is 17.6. The zero-order chi connectivity index (χ0) is 22.4. The summed E-state index contributed by atoms with van der Waals surface area (Å²) >= 11 is 0. The van der Waals surface area contributed by atoms with Crippen LogP contribution in [0.4, 0.5) is 0 Å². The number of carboxylic acid groups (broad SMARTS) is 1. The summed E-state index contributed by atoms with van der Waals surface area (Å²) in [5.74, 6) is 4.56. The third kappa shape index (κ3) is 5.40. The van der Waals surface area contributed by atoms with Gasteiger partial charge in [0.25, 0.3) is 0 Å². The van der Waals surface area contributed by atoms with Crippen LogP contribution < -0.4 is 9.84 Å². The smallest absolute Gasteiger partial charge is 0.172 e. The molecule has 1 fully saturated rings. The first kappa shape index (κ1) is 22.1. The van der Waals surface area contributed by atoms with Gasteiger partial charge in [-0.15, -0.1) is 5.92 Å². The van der Waals surface area contributed by atoms with Crippen molar-refractivity contribution in [2.24, 2.45) is 0 Å². The van der Waals surface area contributed by atoms with E-state index < -0.39 is 11.8 Å². The van der Waals surface area contributed by atoms with E-state index in [4.69, 9.17) is 14.2 Å². The highest BCUT2D eigenvalue weighted by molar-refractivity contribution is 5.67. The van der Waals surface area contributed by atoms with Gasteiger partial charge in [-0.3, -0.25) is 0 Å². The van der Waals surface area contributed by atoms with E-state index in [0.29, 0.717) is 19.8 Å². The van der Waals surface area contributed by atoms with E-state index in [1.54, 1.807) is 6.92 Å². The van der Waals surface area contributed by atoms with Crippen LogP contribution in [0.2, 0.25) is 0 Å². The molecular weight excluding hydrogens is 404 g/mol. The van der Waals surface area contributed by atoms with Crippen molar-refractivity contribution in [3.05, 3.63) is 71.3 Å². The summed E-state index contributed by atoms with van der Waals surface area (Å²) in [6.45, 7) is 3.51. The lowest BCUT2D eigenvalue weighted by molar-refractivity contribution is -0.305. The predicted molar refractivity (Wildman–Crippen MR) is 119 cm³/mol. The minimum atomic E-state index is -1.11. The molecule has 1 aliphatic carbocycles. The fourth-order valence-corrected chi connectivity index (χ4v) is 4.25. The van der Waals surface area contributed by atoms with Crippen LogP contribution in [0.25, 0.3) is 5.57 Å². The second kappa shape index (κ2) is 10.0.